The van der Waals surface area contributed by atoms with Crippen LogP contribution in [0.5, 0.6) is 0 Å². The molecule has 32 heavy (non-hydrogen) atoms. The molecule has 5 heterocycles. The van der Waals surface area contributed by atoms with Crippen molar-refractivity contribution in [2.45, 2.75) is 154 Å². The predicted octanol–water partition coefficient (Wildman–Crippen LogP) is 5.22. The minimum absolute atomic E-state index is 0.316. The minimum atomic E-state index is 0.316. The molecule has 5 unspecified atom stereocenters. The molecule has 4 nitrogen and oxygen atoms in total. The molecule has 5 saturated heterocycles. The molecule has 5 aliphatic rings. The van der Waals surface area contributed by atoms with E-state index in [4.69, 9.17) is 0 Å². The summed E-state index contributed by atoms with van der Waals surface area (Å²) in [6.45, 7) is 29.5. The Morgan fingerprint density at radius 2 is 1.16 bits per heavy atom. The van der Waals surface area contributed by atoms with Crippen molar-refractivity contribution in [2.75, 3.05) is 26.2 Å². The van der Waals surface area contributed by atoms with Gasteiger partial charge in [-0.2, -0.15) is 0 Å². The van der Waals surface area contributed by atoms with Crippen molar-refractivity contribution in [3.05, 3.63) is 0 Å². The summed E-state index contributed by atoms with van der Waals surface area (Å²) in [6.07, 6.45) is 8.10. The number of fused-ring (bicyclic) bond motifs is 4. The van der Waals surface area contributed by atoms with Crippen molar-refractivity contribution >= 4 is 0 Å². The standard InChI is InChI=1S/C28H54N4/c1-11-28(10,29-17-23-16-24(18-29)32(23)26(5,6)7)14-12-13-27(8,9)31-20-21-15-22(31)19-30(21)25(2,3)4/h21-24H,11-20H2,1-10H3. The molecule has 0 N–H and O–H groups in total. The maximum absolute atomic E-state index is 2.88. The molecule has 4 heteroatoms. The average molecular weight is 447 g/mol. The van der Waals surface area contributed by atoms with Crippen molar-refractivity contribution in [2.24, 2.45) is 0 Å². The number of piperazine rings is 2. The fraction of sp³-hybridized carbons (Fsp3) is 1.00. The van der Waals surface area contributed by atoms with Crippen LogP contribution in [0, 0.1) is 0 Å². The topological polar surface area (TPSA) is 13.0 Å². The zero-order chi connectivity index (χ0) is 23.7. The summed E-state index contributed by atoms with van der Waals surface area (Å²) < 4.78 is 0. The lowest BCUT2D eigenvalue weighted by Crippen LogP contribution is -2.75. The van der Waals surface area contributed by atoms with E-state index in [1.165, 1.54) is 64.7 Å². The van der Waals surface area contributed by atoms with Gasteiger partial charge in [-0.3, -0.25) is 19.6 Å². The first kappa shape index (κ1) is 24.9. The molecule has 5 rings (SSSR count). The summed E-state index contributed by atoms with van der Waals surface area (Å²) in [5, 5.41) is 0. The molecular formula is C28H54N4. The van der Waals surface area contributed by atoms with E-state index in [9.17, 15) is 0 Å². The number of piperidine rings is 1. The van der Waals surface area contributed by atoms with Gasteiger partial charge in [0, 0.05) is 72.5 Å². The van der Waals surface area contributed by atoms with Gasteiger partial charge in [0.2, 0.25) is 0 Å². The summed E-state index contributed by atoms with van der Waals surface area (Å²) in [7, 11) is 0. The molecule has 4 bridgehead atoms. The lowest BCUT2D eigenvalue weighted by atomic mass is 9.78. The van der Waals surface area contributed by atoms with Crippen molar-refractivity contribution in [3.63, 3.8) is 0 Å². The third-order valence-electron chi connectivity index (χ3n) is 9.88. The Balaban J connectivity index is 1.30. The fourth-order valence-corrected chi connectivity index (χ4v) is 7.98. The van der Waals surface area contributed by atoms with Crippen LogP contribution in [0.1, 0.15) is 108 Å². The molecule has 5 fully saturated rings. The number of hydrogen-bond acceptors (Lipinski definition) is 4. The Morgan fingerprint density at radius 1 is 0.625 bits per heavy atom. The van der Waals surface area contributed by atoms with Crippen LogP contribution in [-0.2, 0) is 0 Å². The zero-order valence-corrected chi connectivity index (χ0v) is 23.2. The second-order valence-electron chi connectivity index (χ2n) is 14.6. The normalized spacial score (nSPS) is 34.7. The first-order valence-corrected chi connectivity index (χ1v) is 13.7. The molecule has 0 radical (unpaired) electrons. The van der Waals surface area contributed by atoms with Crippen LogP contribution >= 0.6 is 0 Å². The van der Waals surface area contributed by atoms with E-state index in [1.807, 2.05) is 0 Å². The molecule has 186 valence electrons. The molecular weight excluding hydrogens is 392 g/mol. The zero-order valence-electron chi connectivity index (χ0n) is 23.2. The van der Waals surface area contributed by atoms with Gasteiger partial charge in [-0.25, -0.2) is 0 Å². The van der Waals surface area contributed by atoms with Crippen LogP contribution < -0.4 is 0 Å². The SMILES string of the molecule is CCC(C)(CCCC(C)(C)N1CC2CC1CN2C(C)(C)C)N1CC2CC(C1)N2C(C)(C)C. The van der Waals surface area contributed by atoms with Crippen LogP contribution in [-0.4, -0.2) is 92.1 Å². The minimum Gasteiger partial charge on any atom is -0.295 e. The first-order chi connectivity index (χ1) is 14.7. The van der Waals surface area contributed by atoms with Gasteiger partial charge in [-0.15, -0.1) is 0 Å². The number of hydrogen-bond donors (Lipinski definition) is 0. The molecule has 5 aliphatic heterocycles. The highest BCUT2D eigenvalue weighted by Crippen LogP contribution is 2.43. The molecule has 5 atom stereocenters. The smallest absolute Gasteiger partial charge is 0.0247 e. The third kappa shape index (κ3) is 4.43. The largest absolute Gasteiger partial charge is 0.295 e. The highest BCUT2D eigenvalue weighted by molar-refractivity contribution is 5.09. The van der Waals surface area contributed by atoms with Crippen molar-refractivity contribution < 1.29 is 0 Å². The van der Waals surface area contributed by atoms with Crippen LogP contribution in [0.4, 0.5) is 0 Å². The van der Waals surface area contributed by atoms with Gasteiger partial charge >= 0.3 is 0 Å². The highest BCUT2D eigenvalue weighted by atomic mass is 15.4. The lowest BCUT2D eigenvalue weighted by molar-refractivity contribution is -0.143. The maximum Gasteiger partial charge on any atom is 0.0247 e. The number of nitrogens with zero attached hydrogens (tertiary/aromatic N) is 4. The van der Waals surface area contributed by atoms with Crippen LogP contribution in [0.2, 0.25) is 0 Å². The van der Waals surface area contributed by atoms with Crippen LogP contribution in [0.3, 0.4) is 0 Å². The molecule has 0 amide bonds. The van der Waals surface area contributed by atoms with Gasteiger partial charge in [-0.1, -0.05) is 6.92 Å². The average Bonchev–Trinajstić information content (AvgIpc) is 3.27. The van der Waals surface area contributed by atoms with Crippen LogP contribution in [0.15, 0.2) is 0 Å². The predicted molar refractivity (Wildman–Crippen MR) is 137 cm³/mol. The molecule has 0 aromatic heterocycles. The van der Waals surface area contributed by atoms with Gasteiger partial charge in [0.05, 0.1) is 0 Å². The molecule has 0 aromatic rings. The van der Waals surface area contributed by atoms with Gasteiger partial charge < -0.3 is 0 Å². The summed E-state index contributed by atoms with van der Waals surface area (Å²) in [4.78, 5) is 11.3. The van der Waals surface area contributed by atoms with E-state index in [0.29, 0.717) is 22.2 Å². The van der Waals surface area contributed by atoms with Gasteiger partial charge in [0.1, 0.15) is 0 Å². The molecule has 0 aliphatic carbocycles. The van der Waals surface area contributed by atoms with Gasteiger partial charge in [-0.05, 0) is 101 Å². The van der Waals surface area contributed by atoms with E-state index >= 15 is 0 Å². The van der Waals surface area contributed by atoms with E-state index in [2.05, 4.69) is 88.8 Å². The van der Waals surface area contributed by atoms with E-state index in [0.717, 1.165) is 24.2 Å². The lowest BCUT2D eigenvalue weighted by Gasteiger charge is -2.64. The Morgan fingerprint density at radius 3 is 1.62 bits per heavy atom. The van der Waals surface area contributed by atoms with Gasteiger partial charge in [0.15, 0.2) is 0 Å². The Labute approximate surface area is 200 Å². The second-order valence-corrected chi connectivity index (χ2v) is 14.6. The van der Waals surface area contributed by atoms with Crippen molar-refractivity contribution in [1.29, 1.82) is 0 Å². The highest BCUT2D eigenvalue weighted by Gasteiger charge is 2.52. The van der Waals surface area contributed by atoms with Crippen molar-refractivity contribution in [3.8, 4) is 0 Å². The van der Waals surface area contributed by atoms with Crippen molar-refractivity contribution in [1.82, 2.24) is 19.6 Å². The first-order valence-electron chi connectivity index (χ1n) is 13.7. The monoisotopic (exact) mass is 446 g/mol. The quantitative estimate of drug-likeness (QED) is 0.531. The Kier molecular flexibility index (Phi) is 6.40. The van der Waals surface area contributed by atoms with Gasteiger partial charge in [0.25, 0.3) is 0 Å². The number of rotatable bonds is 7. The van der Waals surface area contributed by atoms with Crippen LogP contribution in [0.25, 0.3) is 0 Å². The summed E-state index contributed by atoms with van der Waals surface area (Å²) in [5.41, 5.74) is 1.33. The Bertz CT molecular complexity index is 662. The molecule has 0 aromatic carbocycles. The Hall–Kier alpha value is -0.160. The van der Waals surface area contributed by atoms with E-state index < -0.39 is 0 Å². The summed E-state index contributed by atoms with van der Waals surface area (Å²) >= 11 is 0. The summed E-state index contributed by atoms with van der Waals surface area (Å²) in [5.74, 6) is 0. The fourth-order valence-electron chi connectivity index (χ4n) is 7.98. The molecule has 0 saturated carbocycles. The van der Waals surface area contributed by atoms with E-state index in [-0.39, 0.29) is 0 Å². The molecule has 0 spiro atoms. The second kappa shape index (κ2) is 8.21. The third-order valence-corrected chi connectivity index (χ3v) is 9.88. The maximum atomic E-state index is 2.88. The van der Waals surface area contributed by atoms with E-state index in [1.54, 1.807) is 0 Å². The summed E-state index contributed by atoms with van der Waals surface area (Å²) in [6, 6.07) is 3.10. The number of likely N-dealkylation sites (tertiary alicyclic amines) is 2.